The summed E-state index contributed by atoms with van der Waals surface area (Å²) < 4.78 is 64.2. The molecule has 0 spiro atoms. The summed E-state index contributed by atoms with van der Waals surface area (Å²) in [7, 11) is -2.32. The van der Waals surface area contributed by atoms with Crippen molar-refractivity contribution >= 4 is 43.3 Å². The Hall–Kier alpha value is -3.12. The molecule has 0 radical (unpaired) electrons. The third-order valence-electron chi connectivity index (χ3n) is 4.51. The number of sulfone groups is 1. The molecule has 0 aliphatic rings. The van der Waals surface area contributed by atoms with Gasteiger partial charge < -0.3 is 14.0 Å². The zero-order valence-corrected chi connectivity index (χ0v) is 19.3. The van der Waals surface area contributed by atoms with Crippen LogP contribution in [0.5, 0.6) is 5.75 Å². The number of ether oxygens (including phenoxy) is 2. The van der Waals surface area contributed by atoms with Gasteiger partial charge in [0, 0.05) is 12.5 Å². The first-order valence-corrected chi connectivity index (χ1v) is 12.2. The fourth-order valence-electron chi connectivity index (χ4n) is 2.98. The van der Waals surface area contributed by atoms with Crippen molar-refractivity contribution in [3.63, 3.8) is 0 Å². The summed E-state index contributed by atoms with van der Waals surface area (Å²) in [6.07, 6.45) is -0.446. The van der Waals surface area contributed by atoms with Gasteiger partial charge in [-0.2, -0.15) is 4.99 Å². The summed E-state index contributed by atoms with van der Waals surface area (Å²) in [6.45, 7) is 1.24. The Balaban J connectivity index is 1.90. The SMILES string of the molecule is CCOC(=O)Cn1c(=NC(=O)CCS(=O)(=O)c2ccc(OC)cc2)sc2cc(F)cc(F)c21. The largest absolute Gasteiger partial charge is 0.497 e. The quantitative estimate of drug-likeness (QED) is 0.443. The number of carbonyl (C=O) groups excluding carboxylic acids is 2. The first-order valence-electron chi connectivity index (χ1n) is 9.73. The van der Waals surface area contributed by atoms with Crippen LogP contribution in [-0.4, -0.2) is 44.3 Å². The van der Waals surface area contributed by atoms with Gasteiger partial charge in [-0.05, 0) is 37.3 Å². The van der Waals surface area contributed by atoms with Crippen LogP contribution < -0.4 is 9.54 Å². The van der Waals surface area contributed by atoms with Gasteiger partial charge >= 0.3 is 5.97 Å². The van der Waals surface area contributed by atoms with Crippen molar-refractivity contribution in [2.75, 3.05) is 19.5 Å². The zero-order valence-electron chi connectivity index (χ0n) is 17.7. The molecule has 1 amide bonds. The molecule has 0 aliphatic carbocycles. The third kappa shape index (κ3) is 5.82. The summed E-state index contributed by atoms with van der Waals surface area (Å²) in [6, 6.07) is 7.43. The molecule has 12 heteroatoms. The van der Waals surface area contributed by atoms with Crippen LogP contribution in [0.1, 0.15) is 13.3 Å². The molecule has 3 aromatic rings. The monoisotopic (exact) mass is 498 g/mol. The van der Waals surface area contributed by atoms with Gasteiger partial charge in [0.25, 0.3) is 0 Å². The Morgan fingerprint density at radius 2 is 1.85 bits per heavy atom. The molecule has 0 aliphatic heterocycles. The average Bonchev–Trinajstić information content (AvgIpc) is 3.09. The maximum Gasteiger partial charge on any atom is 0.326 e. The standard InChI is InChI=1S/C21H20F2N2O6S2/c1-3-31-19(27)12-25-20-16(23)10-13(22)11-17(20)32-21(25)24-18(26)8-9-33(28,29)15-6-4-14(30-2)5-7-15/h4-7,10-11H,3,8-9,12H2,1-2H3. The van der Waals surface area contributed by atoms with E-state index in [0.29, 0.717) is 11.8 Å². The number of esters is 1. The second-order valence-electron chi connectivity index (χ2n) is 6.76. The van der Waals surface area contributed by atoms with Crippen molar-refractivity contribution in [2.24, 2.45) is 4.99 Å². The highest BCUT2D eigenvalue weighted by Crippen LogP contribution is 2.23. The van der Waals surface area contributed by atoms with Crippen LogP contribution in [0.25, 0.3) is 10.2 Å². The van der Waals surface area contributed by atoms with Gasteiger partial charge in [-0.15, -0.1) is 0 Å². The number of thiazole rings is 1. The second-order valence-corrected chi connectivity index (χ2v) is 9.88. The maximum atomic E-state index is 14.4. The van der Waals surface area contributed by atoms with E-state index in [0.717, 1.165) is 22.0 Å². The number of methoxy groups -OCH3 is 1. The van der Waals surface area contributed by atoms with Gasteiger partial charge in [-0.25, -0.2) is 17.2 Å². The molecule has 0 unspecified atom stereocenters. The van der Waals surface area contributed by atoms with E-state index >= 15 is 0 Å². The minimum atomic E-state index is -3.77. The molecule has 1 aromatic heterocycles. The average molecular weight is 499 g/mol. The van der Waals surface area contributed by atoms with Crippen LogP contribution in [0.3, 0.4) is 0 Å². The third-order valence-corrected chi connectivity index (χ3v) is 7.27. The summed E-state index contributed by atoms with van der Waals surface area (Å²) in [5.74, 6) is -3.27. The van der Waals surface area contributed by atoms with Crippen LogP contribution in [-0.2, 0) is 30.7 Å². The summed E-state index contributed by atoms with van der Waals surface area (Å²) in [4.78, 5) is 28.2. The van der Waals surface area contributed by atoms with Crippen LogP contribution >= 0.6 is 11.3 Å². The molecule has 0 N–H and O–H groups in total. The molecular weight excluding hydrogens is 478 g/mol. The smallest absolute Gasteiger partial charge is 0.326 e. The van der Waals surface area contributed by atoms with Crippen molar-refractivity contribution in [1.82, 2.24) is 4.57 Å². The van der Waals surface area contributed by atoms with E-state index in [9.17, 15) is 26.8 Å². The molecule has 33 heavy (non-hydrogen) atoms. The molecular formula is C21H20F2N2O6S2. The Labute approximate surface area is 192 Å². The lowest BCUT2D eigenvalue weighted by Crippen LogP contribution is -2.24. The van der Waals surface area contributed by atoms with Crippen molar-refractivity contribution in [3.05, 3.63) is 52.8 Å². The minimum absolute atomic E-state index is 0.0212. The summed E-state index contributed by atoms with van der Waals surface area (Å²) >= 11 is 0.799. The molecule has 0 saturated heterocycles. The van der Waals surface area contributed by atoms with E-state index in [1.165, 1.54) is 31.4 Å². The maximum absolute atomic E-state index is 14.4. The van der Waals surface area contributed by atoms with Gasteiger partial charge in [-0.3, -0.25) is 9.59 Å². The molecule has 1 heterocycles. The van der Waals surface area contributed by atoms with Crippen LogP contribution in [0, 0.1) is 11.6 Å². The number of fused-ring (bicyclic) bond motifs is 1. The molecule has 0 bridgehead atoms. The van der Waals surface area contributed by atoms with E-state index in [2.05, 4.69) is 4.99 Å². The van der Waals surface area contributed by atoms with Crippen molar-refractivity contribution in [2.45, 2.75) is 24.8 Å². The molecule has 0 fully saturated rings. The van der Waals surface area contributed by atoms with Crippen molar-refractivity contribution in [3.8, 4) is 5.75 Å². The molecule has 0 saturated carbocycles. The summed E-state index contributed by atoms with van der Waals surface area (Å²) in [5.41, 5.74) is -0.105. The number of halogens is 2. The minimum Gasteiger partial charge on any atom is -0.497 e. The number of carbonyl (C=O) groups is 2. The highest BCUT2D eigenvalue weighted by atomic mass is 32.2. The Bertz CT molecular complexity index is 1360. The molecule has 0 atom stereocenters. The van der Waals surface area contributed by atoms with Crippen LogP contribution in [0.2, 0.25) is 0 Å². The fraction of sp³-hybridized carbons (Fsp3) is 0.286. The van der Waals surface area contributed by atoms with E-state index in [1.807, 2.05) is 0 Å². The van der Waals surface area contributed by atoms with E-state index in [4.69, 9.17) is 9.47 Å². The molecule has 8 nitrogen and oxygen atoms in total. The lowest BCUT2D eigenvalue weighted by molar-refractivity contribution is -0.143. The van der Waals surface area contributed by atoms with E-state index in [-0.39, 0.29) is 26.5 Å². The molecule has 3 rings (SSSR count). The van der Waals surface area contributed by atoms with Gasteiger partial charge in [0.2, 0.25) is 5.91 Å². The van der Waals surface area contributed by atoms with Crippen molar-refractivity contribution in [1.29, 1.82) is 0 Å². The topological polar surface area (TPSA) is 104 Å². The van der Waals surface area contributed by atoms with Gasteiger partial charge in [-0.1, -0.05) is 11.3 Å². The Morgan fingerprint density at radius 1 is 1.15 bits per heavy atom. The van der Waals surface area contributed by atoms with E-state index < -0.39 is 52.1 Å². The first-order chi connectivity index (χ1) is 15.6. The number of benzene rings is 2. The number of aromatic nitrogens is 1. The van der Waals surface area contributed by atoms with Gasteiger partial charge in [0.1, 0.15) is 18.1 Å². The highest BCUT2D eigenvalue weighted by molar-refractivity contribution is 7.91. The predicted molar refractivity (Wildman–Crippen MR) is 117 cm³/mol. The highest BCUT2D eigenvalue weighted by Gasteiger charge is 2.19. The number of hydrogen-bond acceptors (Lipinski definition) is 7. The predicted octanol–water partition coefficient (Wildman–Crippen LogP) is 2.84. The Morgan fingerprint density at radius 3 is 2.48 bits per heavy atom. The molecule has 2 aromatic carbocycles. The van der Waals surface area contributed by atoms with Crippen LogP contribution in [0.15, 0.2) is 46.3 Å². The van der Waals surface area contributed by atoms with E-state index in [1.54, 1.807) is 6.92 Å². The number of rotatable bonds is 8. The number of hydrogen-bond donors (Lipinski definition) is 0. The lowest BCUT2D eigenvalue weighted by atomic mass is 10.3. The first kappa shape index (κ1) is 24.5. The summed E-state index contributed by atoms with van der Waals surface area (Å²) in [5, 5.41) is 0. The number of amides is 1. The normalized spacial score (nSPS) is 12.2. The molecule has 176 valence electrons. The van der Waals surface area contributed by atoms with Crippen molar-refractivity contribution < 1.29 is 36.3 Å². The second kappa shape index (κ2) is 10.2. The van der Waals surface area contributed by atoms with Crippen LogP contribution in [0.4, 0.5) is 8.78 Å². The van der Waals surface area contributed by atoms with Gasteiger partial charge in [0.15, 0.2) is 20.5 Å². The van der Waals surface area contributed by atoms with Gasteiger partial charge in [0.05, 0.1) is 34.6 Å². The lowest BCUT2D eigenvalue weighted by Gasteiger charge is -2.06. The zero-order chi connectivity index (χ0) is 24.2. The Kier molecular flexibility index (Phi) is 7.59. The number of nitrogens with zero attached hydrogens (tertiary/aromatic N) is 2. The fourth-order valence-corrected chi connectivity index (χ4v) is 5.30.